The molecule has 0 bridgehead atoms. The Bertz CT molecular complexity index is 674. The van der Waals surface area contributed by atoms with Gasteiger partial charge >= 0.3 is 0 Å². The van der Waals surface area contributed by atoms with E-state index in [1.807, 2.05) is 36.4 Å². The van der Waals surface area contributed by atoms with Crippen LogP contribution in [0.5, 0.6) is 0 Å². The molecule has 0 aliphatic heterocycles. The smallest absolute Gasteiger partial charge is 0.214 e. The maximum absolute atomic E-state index is 5.87. The highest BCUT2D eigenvalue weighted by Crippen LogP contribution is 2.21. The van der Waals surface area contributed by atoms with Gasteiger partial charge in [0.1, 0.15) is 0 Å². The molecule has 4 heteroatoms. The molecule has 0 fully saturated rings. The maximum Gasteiger partial charge on any atom is 0.214 e. The van der Waals surface area contributed by atoms with E-state index in [4.69, 9.17) is 5.73 Å². The topological polar surface area (TPSA) is 62.8 Å². The Morgan fingerprint density at radius 1 is 0.952 bits per heavy atom. The van der Waals surface area contributed by atoms with Crippen LogP contribution >= 0.6 is 0 Å². The van der Waals surface area contributed by atoms with E-state index in [1.165, 1.54) is 11.1 Å². The fourth-order valence-corrected chi connectivity index (χ4v) is 2.51. The molecule has 4 nitrogen and oxygen atoms in total. The van der Waals surface area contributed by atoms with Crippen molar-refractivity contribution in [3.05, 3.63) is 65.7 Å². The van der Waals surface area contributed by atoms with Gasteiger partial charge in [0, 0.05) is 5.56 Å². The van der Waals surface area contributed by atoms with Gasteiger partial charge in [0.15, 0.2) is 0 Å². The van der Waals surface area contributed by atoms with Crippen LogP contribution in [-0.2, 0) is 6.42 Å². The number of nitrogens with zero attached hydrogens (tertiary/aromatic N) is 2. The van der Waals surface area contributed by atoms with E-state index in [0.29, 0.717) is 5.96 Å². The monoisotopic (exact) mass is 278 g/mol. The molecule has 3 rings (SSSR count). The highest BCUT2D eigenvalue weighted by molar-refractivity contribution is 6.03. The van der Waals surface area contributed by atoms with E-state index in [2.05, 4.69) is 33.7 Å². The van der Waals surface area contributed by atoms with Crippen molar-refractivity contribution in [3.63, 3.8) is 0 Å². The number of hydrogen-bond acceptors (Lipinski definition) is 2. The van der Waals surface area contributed by atoms with Crippen molar-refractivity contribution in [3.8, 4) is 0 Å². The fourth-order valence-electron chi connectivity index (χ4n) is 2.51. The summed E-state index contributed by atoms with van der Waals surface area (Å²) in [6.07, 6.45) is 3.19. The van der Waals surface area contributed by atoms with E-state index < -0.39 is 0 Å². The number of para-hydroxylation sites is 1. The molecule has 0 saturated heterocycles. The van der Waals surface area contributed by atoms with Crippen LogP contribution in [0.2, 0.25) is 0 Å². The summed E-state index contributed by atoms with van der Waals surface area (Å²) < 4.78 is 0. The van der Waals surface area contributed by atoms with Crippen molar-refractivity contribution in [2.45, 2.75) is 19.3 Å². The molecule has 3 N–H and O–H groups in total. The van der Waals surface area contributed by atoms with E-state index in [9.17, 15) is 0 Å². The Labute approximate surface area is 124 Å². The second kappa shape index (κ2) is 6.22. The van der Waals surface area contributed by atoms with Gasteiger partial charge in [0.25, 0.3) is 0 Å². The SMILES string of the molecule is NC(=Nc1ccccc1)NN=C1CCCc2ccccc21. The molecule has 0 radical (unpaired) electrons. The number of fused-ring (bicyclic) bond motifs is 1. The van der Waals surface area contributed by atoms with Gasteiger partial charge < -0.3 is 5.73 Å². The van der Waals surface area contributed by atoms with E-state index in [-0.39, 0.29) is 0 Å². The Morgan fingerprint density at radius 3 is 2.57 bits per heavy atom. The van der Waals surface area contributed by atoms with Crippen molar-refractivity contribution in [2.75, 3.05) is 0 Å². The van der Waals surface area contributed by atoms with Gasteiger partial charge in [-0.3, -0.25) is 0 Å². The fraction of sp³-hybridized carbons (Fsp3) is 0.176. The van der Waals surface area contributed by atoms with Gasteiger partial charge in [-0.2, -0.15) is 5.10 Å². The number of nitrogens with one attached hydrogen (secondary N) is 1. The summed E-state index contributed by atoms with van der Waals surface area (Å²) in [6, 6.07) is 18.0. The van der Waals surface area contributed by atoms with Crippen molar-refractivity contribution < 1.29 is 0 Å². The molecular weight excluding hydrogens is 260 g/mol. The van der Waals surface area contributed by atoms with Gasteiger partial charge in [0.05, 0.1) is 11.4 Å². The number of benzene rings is 2. The second-order valence-corrected chi connectivity index (χ2v) is 5.01. The number of guanidine groups is 1. The van der Waals surface area contributed by atoms with Crippen molar-refractivity contribution in [1.29, 1.82) is 0 Å². The zero-order valence-electron chi connectivity index (χ0n) is 11.8. The number of hydrazone groups is 1. The zero-order valence-corrected chi connectivity index (χ0v) is 11.8. The van der Waals surface area contributed by atoms with Gasteiger partial charge in [0.2, 0.25) is 5.96 Å². The molecule has 0 heterocycles. The molecule has 0 aromatic heterocycles. The predicted molar refractivity (Wildman–Crippen MR) is 86.8 cm³/mol. The summed E-state index contributed by atoms with van der Waals surface area (Å²) in [7, 11) is 0. The molecule has 1 aliphatic carbocycles. The highest BCUT2D eigenvalue weighted by atomic mass is 15.4. The zero-order chi connectivity index (χ0) is 14.5. The quantitative estimate of drug-likeness (QED) is 0.504. The van der Waals surface area contributed by atoms with Crippen molar-refractivity contribution in [1.82, 2.24) is 5.43 Å². The first-order chi connectivity index (χ1) is 10.3. The molecule has 0 atom stereocenters. The van der Waals surface area contributed by atoms with Crippen molar-refractivity contribution >= 4 is 17.4 Å². The van der Waals surface area contributed by atoms with Gasteiger partial charge in [-0.25, -0.2) is 10.4 Å². The Kier molecular flexibility index (Phi) is 3.96. The van der Waals surface area contributed by atoms with E-state index >= 15 is 0 Å². The molecule has 2 aromatic rings. The van der Waals surface area contributed by atoms with Crippen LogP contribution in [0, 0.1) is 0 Å². The lowest BCUT2D eigenvalue weighted by molar-refractivity contribution is 0.827. The first-order valence-corrected chi connectivity index (χ1v) is 7.13. The van der Waals surface area contributed by atoms with Crippen LogP contribution in [0.25, 0.3) is 0 Å². The Hall–Kier alpha value is -2.62. The third kappa shape index (κ3) is 3.28. The van der Waals surface area contributed by atoms with Crippen LogP contribution < -0.4 is 11.2 Å². The molecular formula is C17H18N4. The number of nitrogens with two attached hydrogens (primary N) is 1. The largest absolute Gasteiger partial charge is 0.368 e. The lowest BCUT2D eigenvalue weighted by atomic mass is 9.90. The third-order valence-electron chi connectivity index (χ3n) is 3.50. The Morgan fingerprint density at radius 2 is 1.71 bits per heavy atom. The second-order valence-electron chi connectivity index (χ2n) is 5.01. The molecule has 0 saturated carbocycles. The minimum absolute atomic E-state index is 0.303. The van der Waals surface area contributed by atoms with Gasteiger partial charge in [-0.05, 0) is 37.0 Å². The average molecular weight is 278 g/mol. The molecule has 2 aromatic carbocycles. The van der Waals surface area contributed by atoms with Gasteiger partial charge in [-0.15, -0.1) is 0 Å². The summed E-state index contributed by atoms with van der Waals surface area (Å²) in [6.45, 7) is 0. The van der Waals surface area contributed by atoms with Crippen LogP contribution in [0.3, 0.4) is 0 Å². The van der Waals surface area contributed by atoms with Crippen LogP contribution in [0.15, 0.2) is 64.7 Å². The molecule has 0 unspecified atom stereocenters. The highest BCUT2D eigenvalue weighted by Gasteiger charge is 2.14. The van der Waals surface area contributed by atoms with Crippen LogP contribution in [-0.4, -0.2) is 11.7 Å². The summed E-state index contributed by atoms with van der Waals surface area (Å²) >= 11 is 0. The summed E-state index contributed by atoms with van der Waals surface area (Å²) in [5.41, 5.74) is 13.2. The number of hydrogen-bond donors (Lipinski definition) is 2. The maximum atomic E-state index is 5.87. The first-order valence-electron chi connectivity index (χ1n) is 7.13. The van der Waals surface area contributed by atoms with E-state index in [0.717, 1.165) is 30.7 Å². The number of aliphatic imine (C=N–C) groups is 1. The van der Waals surface area contributed by atoms with Gasteiger partial charge in [-0.1, -0.05) is 42.5 Å². The lowest BCUT2D eigenvalue weighted by Crippen LogP contribution is -2.28. The molecule has 1 aliphatic rings. The molecule has 0 amide bonds. The first kappa shape index (κ1) is 13.4. The standard InChI is InChI=1S/C17H18N4/c18-17(19-14-9-2-1-3-10-14)21-20-16-12-6-8-13-7-4-5-11-15(13)16/h1-5,7,9-11H,6,8,12H2,(H3,18,19,21). The predicted octanol–water partition coefficient (Wildman–Crippen LogP) is 2.96. The Balaban J connectivity index is 1.77. The molecule has 21 heavy (non-hydrogen) atoms. The normalized spacial score (nSPS) is 16.6. The summed E-state index contributed by atoms with van der Waals surface area (Å²) in [5.74, 6) is 0.303. The lowest BCUT2D eigenvalue weighted by Gasteiger charge is -2.17. The summed E-state index contributed by atoms with van der Waals surface area (Å²) in [4.78, 5) is 4.28. The van der Waals surface area contributed by atoms with Crippen molar-refractivity contribution in [2.24, 2.45) is 15.8 Å². The number of rotatable bonds is 2. The molecule has 106 valence electrons. The minimum atomic E-state index is 0.303. The summed E-state index contributed by atoms with van der Waals surface area (Å²) in [5, 5.41) is 4.43. The average Bonchev–Trinajstić information content (AvgIpc) is 2.54. The van der Waals surface area contributed by atoms with Crippen LogP contribution in [0.4, 0.5) is 5.69 Å². The number of aryl methyl sites for hydroxylation is 1. The third-order valence-corrected chi connectivity index (χ3v) is 3.50. The molecule has 0 spiro atoms. The minimum Gasteiger partial charge on any atom is -0.368 e. The van der Waals surface area contributed by atoms with Crippen LogP contribution in [0.1, 0.15) is 24.0 Å². The van der Waals surface area contributed by atoms with E-state index in [1.54, 1.807) is 0 Å².